The largest absolute Gasteiger partial charge is 0.465 e. The van der Waals surface area contributed by atoms with Crippen molar-refractivity contribution in [2.45, 2.75) is 13.5 Å². The smallest absolute Gasteiger partial charge is 0.340 e. The molecule has 0 aliphatic rings. The monoisotopic (exact) mass is 204 g/mol. The Morgan fingerprint density at radius 2 is 2.33 bits per heavy atom. The molecule has 0 atom stereocenters. The average Bonchev–Trinajstić information content (AvgIpc) is 2.70. The molecule has 2 aromatic rings. The zero-order valence-electron chi connectivity index (χ0n) is 8.73. The first-order valence-electron chi connectivity index (χ1n) is 4.80. The number of ether oxygens (including phenoxy) is 1. The molecule has 1 heterocycles. The number of carbonyl (C=O) groups is 1. The summed E-state index contributed by atoms with van der Waals surface area (Å²) in [5.41, 5.74) is 1.22. The number of benzene rings is 1. The molecule has 0 unspecified atom stereocenters. The molecule has 78 valence electrons. The number of hydrogen-bond donors (Lipinski definition) is 0. The zero-order chi connectivity index (χ0) is 10.8. The Bertz CT molecular complexity index is 502. The van der Waals surface area contributed by atoms with Gasteiger partial charge in [0.25, 0.3) is 0 Å². The first kappa shape index (κ1) is 9.71. The number of carbonyl (C=O) groups excluding carboxylic acids is 1. The predicted molar refractivity (Wildman–Crippen MR) is 56.7 cm³/mol. The maximum absolute atomic E-state index is 11.5. The summed E-state index contributed by atoms with van der Waals surface area (Å²) in [7, 11) is 1.37. The molecule has 0 amide bonds. The SMILES string of the molecule is CCn1cc2cccc(C(=O)OC)c2n1. The van der Waals surface area contributed by atoms with Crippen LogP contribution in [0.5, 0.6) is 0 Å². The van der Waals surface area contributed by atoms with Gasteiger partial charge < -0.3 is 4.74 Å². The van der Waals surface area contributed by atoms with Gasteiger partial charge in [-0.15, -0.1) is 0 Å². The minimum atomic E-state index is -0.345. The van der Waals surface area contributed by atoms with Crippen molar-refractivity contribution < 1.29 is 9.53 Å². The van der Waals surface area contributed by atoms with Crippen LogP contribution in [0.15, 0.2) is 24.4 Å². The lowest BCUT2D eigenvalue weighted by molar-refractivity contribution is 0.0602. The van der Waals surface area contributed by atoms with Gasteiger partial charge in [0.1, 0.15) is 5.52 Å². The third-order valence-electron chi connectivity index (χ3n) is 2.31. The Labute approximate surface area is 87.5 Å². The first-order valence-corrected chi connectivity index (χ1v) is 4.80. The van der Waals surface area contributed by atoms with E-state index < -0.39 is 0 Å². The van der Waals surface area contributed by atoms with E-state index in [-0.39, 0.29) is 5.97 Å². The fourth-order valence-electron chi connectivity index (χ4n) is 1.53. The number of hydrogen-bond acceptors (Lipinski definition) is 3. The molecule has 0 saturated carbocycles. The van der Waals surface area contributed by atoms with Crippen LogP contribution in [-0.2, 0) is 11.3 Å². The molecular formula is C11H12N2O2. The highest BCUT2D eigenvalue weighted by Crippen LogP contribution is 2.17. The normalized spacial score (nSPS) is 10.5. The summed E-state index contributed by atoms with van der Waals surface area (Å²) in [6.07, 6.45) is 1.92. The first-order chi connectivity index (χ1) is 7.26. The second kappa shape index (κ2) is 3.73. The van der Waals surface area contributed by atoms with Crippen LogP contribution in [0.3, 0.4) is 0 Å². The maximum atomic E-state index is 11.5. The van der Waals surface area contributed by atoms with E-state index in [1.54, 1.807) is 10.7 Å². The van der Waals surface area contributed by atoms with E-state index in [0.717, 1.165) is 11.9 Å². The van der Waals surface area contributed by atoms with Crippen LogP contribution >= 0.6 is 0 Å². The van der Waals surface area contributed by atoms with Crippen molar-refractivity contribution in [2.75, 3.05) is 7.11 Å². The molecule has 0 spiro atoms. The van der Waals surface area contributed by atoms with E-state index in [1.165, 1.54) is 7.11 Å². The van der Waals surface area contributed by atoms with Crippen molar-refractivity contribution in [3.05, 3.63) is 30.0 Å². The summed E-state index contributed by atoms with van der Waals surface area (Å²) in [6.45, 7) is 2.79. The summed E-state index contributed by atoms with van der Waals surface area (Å²) in [4.78, 5) is 11.5. The number of rotatable bonds is 2. The van der Waals surface area contributed by atoms with Crippen LogP contribution in [0.25, 0.3) is 10.9 Å². The van der Waals surface area contributed by atoms with E-state index in [9.17, 15) is 4.79 Å². The molecule has 0 bridgehead atoms. The quantitative estimate of drug-likeness (QED) is 0.701. The topological polar surface area (TPSA) is 44.1 Å². The zero-order valence-corrected chi connectivity index (χ0v) is 8.73. The lowest BCUT2D eigenvalue weighted by Gasteiger charge is -1.98. The van der Waals surface area contributed by atoms with Gasteiger partial charge in [0.2, 0.25) is 0 Å². The average molecular weight is 204 g/mol. The summed E-state index contributed by atoms with van der Waals surface area (Å²) in [6, 6.07) is 5.48. The second-order valence-electron chi connectivity index (χ2n) is 3.22. The minimum Gasteiger partial charge on any atom is -0.465 e. The minimum absolute atomic E-state index is 0.345. The van der Waals surface area contributed by atoms with Crippen molar-refractivity contribution in [3.8, 4) is 0 Å². The molecule has 0 aliphatic heterocycles. The predicted octanol–water partition coefficient (Wildman–Crippen LogP) is 1.84. The number of fused-ring (bicyclic) bond motifs is 1. The fraction of sp³-hybridized carbons (Fsp3) is 0.273. The lowest BCUT2D eigenvalue weighted by atomic mass is 10.1. The Morgan fingerprint density at radius 3 is 3.00 bits per heavy atom. The molecular weight excluding hydrogens is 192 g/mol. The van der Waals surface area contributed by atoms with Crippen molar-refractivity contribution in [2.24, 2.45) is 0 Å². The van der Waals surface area contributed by atoms with Crippen molar-refractivity contribution in [1.82, 2.24) is 9.78 Å². The summed E-state index contributed by atoms with van der Waals surface area (Å²) >= 11 is 0. The molecule has 4 heteroatoms. The maximum Gasteiger partial charge on any atom is 0.340 e. The molecule has 0 fully saturated rings. The lowest BCUT2D eigenvalue weighted by Crippen LogP contribution is -2.02. The molecule has 2 rings (SSSR count). The number of aryl methyl sites for hydroxylation is 1. The molecule has 1 aromatic carbocycles. The highest BCUT2D eigenvalue weighted by Gasteiger charge is 2.12. The summed E-state index contributed by atoms with van der Waals surface area (Å²) in [5, 5.41) is 5.27. The van der Waals surface area contributed by atoms with Crippen molar-refractivity contribution >= 4 is 16.9 Å². The van der Waals surface area contributed by atoms with Gasteiger partial charge in [-0.25, -0.2) is 4.79 Å². The number of esters is 1. The van der Waals surface area contributed by atoms with Crippen LogP contribution < -0.4 is 0 Å². The molecule has 0 N–H and O–H groups in total. The number of nitrogens with zero attached hydrogens (tertiary/aromatic N) is 2. The Morgan fingerprint density at radius 1 is 1.53 bits per heavy atom. The van der Waals surface area contributed by atoms with Crippen LogP contribution in [-0.4, -0.2) is 22.9 Å². The van der Waals surface area contributed by atoms with Gasteiger partial charge in [-0.05, 0) is 13.0 Å². The van der Waals surface area contributed by atoms with Crippen LogP contribution in [0.2, 0.25) is 0 Å². The van der Waals surface area contributed by atoms with Crippen molar-refractivity contribution in [3.63, 3.8) is 0 Å². The standard InChI is InChI=1S/C11H12N2O2/c1-3-13-7-8-5-4-6-9(10(8)12-13)11(14)15-2/h4-7H,3H2,1-2H3. The van der Waals surface area contributed by atoms with Gasteiger partial charge in [0.05, 0.1) is 12.7 Å². The number of aromatic nitrogens is 2. The molecule has 0 aliphatic carbocycles. The number of methoxy groups -OCH3 is 1. The fourth-order valence-corrected chi connectivity index (χ4v) is 1.53. The van der Waals surface area contributed by atoms with Crippen molar-refractivity contribution in [1.29, 1.82) is 0 Å². The molecule has 1 aromatic heterocycles. The van der Waals surface area contributed by atoms with E-state index in [4.69, 9.17) is 4.74 Å². The Hall–Kier alpha value is -1.84. The van der Waals surface area contributed by atoms with Crippen LogP contribution in [0, 0.1) is 0 Å². The Kier molecular flexibility index (Phi) is 2.41. The van der Waals surface area contributed by atoms with E-state index in [2.05, 4.69) is 5.10 Å². The van der Waals surface area contributed by atoms with E-state index in [0.29, 0.717) is 11.1 Å². The van der Waals surface area contributed by atoms with Gasteiger partial charge in [-0.2, -0.15) is 5.10 Å². The Balaban J connectivity index is 2.64. The van der Waals surface area contributed by atoms with Gasteiger partial charge in [0.15, 0.2) is 0 Å². The summed E-state index contributed by atoms with van der Waals surface area (Å²) in [5.74, 6) is -0.345. The molecule has 4 nitrogen and oxygen atoms in total. The highest BCUT2D eigenvalue weighted by molar-refractivity contribution is 6.02. The molecule has 0 radical (unpaired) electrons. The van der Waals surface area contributed by atoms with Gasteiger partial charge >= 0.3 is 5.97 Å². The van der Waals surface area contributed by atoms with Crippen LogP contribution in [0.4, 0.5) is 0 Å². The third kappa shape index (κ3) is 1.58. The van der Waals surface area contributed by atoms with Gasteiger partial charge in [-0.3, -0.25) is 4.68 Å². The summed E-state index contributed by atoms with van der Waals surface area (Å²) < 4.78 is 6.50. The second-order valence-corrected chi connectivity index (χ2v) is 3.22. The van der Waals surface area contributed by atoms with E-state index >= 15 is 0 Å². The van der Waals surface area contributed by atoms with Gasteiger partial charge in [0, 0.05) is 18.1 Å². The highest BCUT2D eigenvalue weighted by atomic mass is 16.5. The van der Waals surface area contributed by atoms with Gasteiger partial charge in [-0.1, -0.05) is 12.1 Å². The van der Waals surface area contributed by atoms with Crippen LogP contribution in [0.1, 0.15) is 17.3 Å². The molecule has 15 heavy (non-hydrogen) atoms. The van der Waals surface area contributed by atoms with E-state index in [1.807, 2.05) is 25.3 Å². The third-order valence-corrected chi connectivity index (χ3v) is 2.31. The molecule has 0 saturated heterocycles.